The van der Waals surface area contributed by atoms with Gasteiger partial charge in [0.1, 0.15) is 5.75 Å². The van der Waals surface area contributed by atoms with E-state index in [1.807, 2.05) is 12.1 Å². The zero-order valence-electron chi connectivity index (χ0n) is 21.9. The first-order chi connectivity index (χ1) is 18.6. The molecular formula is C27H32N2O9S. The fraction of sp³-hybridized carbons (Fsp3) is 0.296. The van der Waals surface area contributed by atoms with E-state index >= 15 is 0 Å². The molecule has 1 aromatic heterocycles. The van der Waals surface area contributed by atoms with Gasteiger partial charge in [0.2, 0.25) is 9.84 Å². The van der Waals surface area contributed by atoms with Crippen LogP contribution in [0.1, 0.15) is 12.0 Å². The fourth-order valence-corrected chi connectivity index (χ4v) is 4.61. The number of pyridine rings is 1. The first-order valence-corrected chi connectivity index (χ1v) is 13.3. The van der Waals surface area contributed by atoms with Gasteiger partial charge in [-0.2, -0.15) is 0 Å². The van der Waals surface area contributed by atoms with Crippen molar-refractivity contribution in [2.45, 2.75) is 22.6 Å². The lowest BCUT2D eigenvalue weighted by Crippen LogP contribution is -2.23. The zero-order valence-corrected chi connectivity index (χ0v) is 22.8. The molecule has 0 atom stereocenters. The number of nitrogens with zero attached hydrogens (tertiary/aromatic N) is 2. The van der Waals surface area contributed by atoms with Crippen LogP contribution in [0.4, 0.5) is 0 Å². The average Bonchev–Trinajstić information content (AvgIpc) is 2.95. The molecule has 0 fully saturated rings. The number of benzene rings is 2. The number of likely N-dealkylation sites (N-methyl/N-ethyl adjacent to an activating group) is 1. The minimum absolute atomic E-state index is 0.224. The molecule has 0 amide bonds. The van der Waals surface area contributed by atoms with E-state index in [9.17, 15) is 8.42 Å². The molecule has 3 rings (SSSR count). The molecule has 2 N–H and O–H groups in total. The topological polar surface area (TPSA) is 153 Å². The van der Waals surface area contributed by atoms with Crippen molar-refractivity contribution in [3.8, 4) is 17.2 Å². The van der Waals surface area contributed by atoms with E-state index in [0.29, 0.717) is 12.4 Å². The van der Waals surface area contributed by atoms with Gasteiger partial charge in [0, 0.05) is 25.5 Å². The molecule has 0 radical (unpaired) electrons. The van der Waals surface area contributed by atoms with Crippen molar-refractivity contribution in [1.82, 2.24) is 9.88 Å². The Morgan fingerprint density at radius 1 is 0.846 bits per heavy atom. The lowest BCUT2D eigenvalue weighted by atomic mass is 10.1. The van der Waals surface area contributed by atoms with E-state index in [2.05, 4.69) is 23.0 Å². The summed E-state index contributed by atoms with van der Waals surface area (Å²) in [7, 11) is 1.81. The van der Waals surface area contributed by atoms with Crippen molar-refractivity contribution in [3.05, 3.63) is 72.6 Å². The highest BCUT2D eigenvalue weighted by atomic mass is 32.2. The molecule has 0 aliphatic carbocycles. The lowest BCUT2D eigenvalue weighted by molar-refractivity contribution is -0.159. The summed E-state index contributed by atoms with van der Waals surface area (Å²) >= 11 is 0. The maximum absolute atomic E-state index is 12.6. The molecular weight excluding hydrogens is 528 g/mol. The number of aliphatic carboxylic acids is 2. The summed E-state index contributed by atoms with van der Waals surface area (Å²) in [6, 6.07) is 15.5. The Morgan fingerprint density at radius 3 is 2.00 bits per heavy atom. The predicted octanol–water partition coefficient (Wildman–Crippen LogP) is 3.03. The molecule has 39 heavy (non-hydrogen) atoms. The van der Waals surface area contributed by atoms with Gasteiger partial charge in [-0.25, -0.2) is 18.0 Å². The molecule has 210 valence electrons. The highest BCUT2D eigenvalue weighted by Crippen LogP contribution is 2.27. The van der Waals surface area contributed by atoms with Crippen LogP contribution in [0.2, 0.25) is 0 Å². The van der Waals surface area contributed by atoms with E-state index < -0.39 is 21.8 Å². The van der Waals surface area contributed by atoms with Crippen molar-refractivity contribution < 1.29 is 42.4 Å². The Bertz CT molecular complexity index is 1300. The number of sulfone groups is 1. The molecule has 12 heteroatoms. The number of carboxylic acid groups (broad SMARTS) is 2. The summed E-state index contributed by atoms with van der Waals surface area (Å²) in [5.74, 6) is -1.53. The largest absolute Gasteiger partial charge is 0.494 e. The molecule has 0 saturated heterocycles. The Hall–Kier alpha value is -4.16. The maximum atomic E-state index is 12.6. The SMILES string of the molecule is COc1ccc(CCN(C)CCCOc2ccc(S(=O)(=O)c3ccncc3)cc2)cc1OC.O=C(O)C(=O)O. The second kappa shape index (κ2) is 15.3. The summed E-state index contributed by atoms with van der Waals surface area (Å²) < 4.78 is 41.7. The van der Waals surface area contributed by atoms with Crippen molar-refractivity contribution in [2.75, 3.05) is 41.0 Å². The van der Waals surface area contributed by atoms with E-state index in [4.69, 9.17) is 34.0 Å². The molecule has 1 heterocycles. The third-order valence-electron chi connectivity index (χ3n) is 5.46. The molecule has 3 aromatic rings. The maximum Gasteiger partial charge on any atom is 0.414 e. The van der Waals surface area contributed by atoms with Gasteiger partial charge >= 0.3 is 11.9 Å². The highest BCUT2D eigenvalue weighted by molar-refractivity contribution is 7.91. The third-order valence-corrected chi connectivity index (χ3v) is 7.25. The number of carboxylic acids is 2. The molecule has 0 aliphatic heterocycles. The van der Waals surface area contributed by atoms with Crippen LogP contribution in [-0.2, 0) is 25.8 Å². The van der Waals surface area contributed by atoms with Gasteiger partial charge in [0.25, 0.3) is 0 Å². The smallest absolute Gasteiger partial charge is 0.414 e. The quantitative estimate of drug-likeness (QED) is 0.248. The van der Waals surface area contributed by atoms with Crippen LogP contribution in [0.25, 0.3) is 0 Å². The van der Waals surface area contributed by atoms with Gasteiger partial charge in [-0.15, -0.1) is 0 Å². The van der Waals surface area contributed by atoms with Gasteiger partial charge in [-0.05, 0) is 74.0 Å². The van der Waals surface area contributed by atoms with Crippen LogP contribution in [0.15, 0.2) is 76.8 Å². The molecule has 0 aliphatic rings. The van der Waals surface area contributed by atoms with Crippen LogP contribution < -0.4 is 14.2 Å². The second-order valence-electron chi connectivity index (χ2n) is 8.21. The minimum Gasteiger partial charge on any atom is -0.494 e. The summed E-state index contributed by atoms with van der Waals surface area (Å²) in [6.07, 6.45) is 4.70. The second-order valence-corrected chi connectivity index (χ2v) is 10.2. The van der Waals surface area contributed by atoms with E-state index in [1.165, 1.54) is 30.1 Å². The summed E-state index contributed by atoms with van der Waals surface area (Å²) in [5.41, 5.74) is 1.19. The van der Waals surface area contributed by atoms with Crippen LogP contribution in [0, 0.1) is 0 Å². The summed E-state index contributed by atoms with van der Waals surface area (Å²) in [4.78, 5) is 24.8. The number of aromatic nitrogens is 1. The van der Waals surface area contributed by atoms with Gasteiger partial charge in [-0.1, -0.05) is 6.07 Å². The predicted molar refractivity (Wildman–Crippen MR) is 142 cm³/mol. The summed E-state index contributed by atoms with van der Waals surface area (Å²) in [5, 5.41) is 14.8. The normalized spacial score (nSPS) is 10.8. The first-order valence-electron chi connectivity index (χ1n) is 11.8. The Kier molecular flexibility index (Phi) is 12.2. The van der Waals surface area contributed by atoms with Gasteiger partial charge < -0.3 is 29.3 Å². The van der Waals surface area contributed by atoms with E-state index in [-0.39, 0.29) is 9.79 Å². The minimum atomic E-state index is -3.55. The molecule has 0 saturated carbocycles. The number of carbonyl (C=O) groups is 2. The number of ether oxygens (including phenoxy) is 3. The van der Waals surface area contributed by atoms with Crippen LogP contribution >= 0.6 is 0 Å². The standard InChI is InChI=1S/C25H30N2O5S.C2H2O4/c1-27(17-13-20-5-10-24(30-2)25(19-20)31-3)16-4-18-32-21-6-8-22(9-7-21)33(28,29)23-11-14-26-15-12-23;3-1(4)2(5)6/h5-12,14-15,19H,4,13,16-18H2,1-3H3;(H,3,4)(H,5,6). The Labute approximate surface area is 227 Å². The van der Waals surface area contributed by atoms with Crippen molar-refractivity contribution in [1.29, 1.82) is 0 Å². The van der Waals surface area contributed by atoms with E-state index in [0.717, 1.165) is 37.4 Å². The van der Waals surface area contributed by atoms with Crippen LogP contribution in [0.3, 0.4) is 0 Å². The first kappa shape index (κ1) is 31.1. The Balaban J connectivity index is 0.000000798. The van der Waals surface area contributed by atoms with Gasteiger partial charge in [0.15, 0.2) is 11.5 Å². The lowest BCUT2D eigenvalue weighted by Gasteiger charge is -2.17. The van der Waals surface area contributed by atoms with Crippen molar-refractivity contribution in [2.24, 2.45) is 0 Å². The number of rotatable bonds is 12. The van der Waals surface area contributed by atoms with Crippen LogP contribution in [-0.4, -0.2) is 81.4 Å². The average molecular weight is 561 g/mol. The number of hydrogen-bond acceptors (Lipinski definition) is 9. The fourth-order valence-electron chi connectivity index (χ4n) is 3.36. The zero-order chi connectivity index (χ0) is 28.8. The van der Waals surface area contributed by atoms with Gasteiger partial charge in [-0.3, -0.25) is 4.98 Å². The molecule has 0 unspecified atom stereocenters. The Morgan fingerprint density at radius 2 is 1.44 bits per heavy atom. The third kappa shape index (κ3) is 9.91. The molecule has 0 bridgehead atoms. The number of methoxy groups -OCH3 is 2. The van der Waals surface area contributed by atoms with Crippen molar-refractivity contribution >= 4 is 21.8 Å². The molecule has 2 aromatic carbocycles. The molecule has 0 spiro atoms. The number of hydrogen-bond donors (Lipinski definition) is 2. The van der Waals surface area contributed by atoms with E-state index in [1.54, 1.807) is 38.5 Å². The monoisotopic (exact) mass is 560 g/mol. The highest BCUT2D eigenvalue weighted by Gasteiger charge is 2.17. The van der Waals surface area contributed by atoms with Crippen LogP contribution in [0.5, 0.6) is 17.2 Å². The van der Waals surface area contributed by atoms with Gasteiger partial charge in [0.05, 0.1) is 30.6 Å². The molecule has 11 nitrogen and oxygen atoms in total. The summed E-state index contributed by atoms with van der Waals surface area (Å²) in [6.45, 7) is 2.36. The van der Waals surface area contributed by atoms with Crippen molar-refractivity contribution in [3.63, 3.8) is 0 Å².